The van der Waals surface area contributed by atoms with Gasteiger partial charge in [0.2, 0.25) is 10.0 Å². The summed E-state index contributed by atoms with van der Waals surface area (Å²) in [7, 11) is -3.67. The highest BCUT2D eigenvalue weighted by Crippen LogP contribution is 2.46. The van der Waals surface area contributed by atoms with E-state index in [1.165, 1.54) is 22.5 Å². The fraction of sp³-hybridized carbons (Fsp3) is 0.419. The van der Waals surface area contributed by atoms with Crippen molar-refractivity contribution in [1.29, 1.82) is 0 Å². The van der Waals surface area contributed by atoms with E-state index in [1.54, 1.807) is 33.8 Å². The second kappa shape index (κ2) is 14.8. The van der Waals surface area contributed by atoms with Crippen LogP contribution in [-0.4, -0.2) is 67.5 Å². The minimum atomic E-state index is -3.67. The van der Waals surface area contributed by atoms with Crippen LogP contribution in [0.15, 0.2) is 48.5 Å². The summed E-state index contributed by atoms with van der Waals surface area (Å²) in [5.41, 5.74) is 0.916. The number of thiophene rings is 1. The minimum absolute atomic E-state index is 0.0147. The zero-order valence-corrected chi connectivity index (χ0v) is 28.3. The Morgan fingerprint density at radius 1 is 1.13 bits per heavy atom. The Kier molecular flexibility index (Phi) is 11.3. The van der Waals surface area contributed by atoms with Gasteiger partial charge >= 0.3 is 11.9 Å². The van der Waals surface area contributed by atoms with Crippen molar-refractivity contribution in [2.24, 2.45) is 0 Å². The van der Waals surface area contributed by atoms with Crippen molar-refractivity contribution < 1.29 is 37.1 Å². The highest BCUT2D eigenvalue weighted by molar-refractivity contribution is 7.88. The summed E-state index contributed by atoms with van der Waals surface area (Å²) in [4.78, 5) is 36.2. The molecule has 0 saturated carbocycles. The molecule has 2 heterocycles. The molecule has 0 aliphatic carbocycles. The predicted octanol–water partition coefficient (Wildman–Crippen LogP) is 6.28. The van der Waals surface area contributed by atoms with Crippen molar-refractivity contribution in [3.63, 3.8) is 0 Å². The van der Waals surface area contributed by atoms with Gasteiger partial charge in [-0.1, -0.05) is 35.9 Å². The number of nitro groups is 1. The largest absolute Gasteiger partial charge is 0.479 e. The number of ether oxygens (including phenoxy) is 3. The second-order valence-corrected chi connectivity index (χ2v) is 14.9. The number of nitro benzene ring substituents is 1. The van der Waals surface area contributed by atoms with E-state index >= 15 is 0 Å². The SMILES string of the molecule is CCOC(=O)COc1c(C(=O)OC(C)(C)C)sc(-c2cccc(NC3CCN(S(=O)(=O)Cc4cccc([N+](=O)[O-])c4)CC3)c2)c1Cl. The summed E-state index contributed by atoms with van der Waals surface area (Å²) in [5, 5.41) is 14.7. The van der Waals surface area contributed by atoms with Crippen LogP contribution in [-0.2, 0) is 30.0 Å². The van der Waals surface area contributed by atoms with Gasteiger partial charge in [-0.05, 0) is 63.8 Å². The molecule has 1 N–H and O–H groups in total. The Bertz CT molecular complexity index is 1700. The van der Waals surface area contributed by atoms with Crippen molar-refractivity contribution in [2.45, 2.75) is 57.9 Å². The normalized spacial score (nSPS) is 14.5. The standard InChI is InChI=1S/C31H36ClN3O9S2/c1-5-42-25(36)18-43-27-26(32)28(45-29(27)30(37)44-31(2,3)4)21-9-7-10-23(17-21)33-22-12-14-34(15-13-22)46(40,41)19-20-8-6-11-24(16-20)35(38)39/h6-11,16-17,22,33H,5,12-15,18-19H2,1-4H3. The van der Waals surface area contributed by atoms with Crippen LogP contribution in [0.25, 0.3) is 10.4 Å². The molecule has 1 aliphatic rings. The number of benzene rings is 2. The summed E-state index contributed by atoms with van der Waals surface area (Å²) in [5.74, 6) is -1.50. The number of nitrogens with one attached hydrogen (secondary N) is 1. The maximum atomic E-state index is 13.1. The molecule has 248 valence electrons. The first-order valence-corrected chi connectivity index (χ1v) is 17.4. The molecule has 2 aromatic carbocycles. The number of non-ortho nitro benzene ring substituents is 1. The molecular weight excluding hydrogens is 658 g/mol. The third kappa shape index (κ3) is 9.18. The Balaban J connectivity index is 1.46. The smallest absolute Gasteiger partial charge is 0.352 e. The van der Waals surface area contributed by atoms with Crippen molar-refractivity contribution in [2.75, 3.05) is 31.6 Å². The molecule has 0 unspecified atom stereocenters. The van der Waals surface area contributed by atoms with E-state index in [0.29, 0.717) is 41.9 Å². The Morgan fingerprint density at radius 3 is 2.48 bits per heavy atom. The number of hydrogen-bond acceptors (Lipinski definition) is 11. The summed E-state index contributed by atoms with van der Waals surface area (Å²) < 4.78 is 43.7. The zero-order valence-electron chi connectivity index (χ0n) is 25.9. The fourth-order valence-corrected chi connectivity index (χ4v) is 7.82. The molecule has 12 nitrogen and oxygen atoms in total. The number of carbonyl (C=O) groups is 2. The number of carbonyl (C=O) groups excluding carboxylic acids is 2. The Hall–Kier alpha value is -3.72. The molecule has 0 amide bonds. The molecule has 1 fully saturated rings. The van der Waals surface area contributed by atoms with E-state index in [4.69, 9.17) is 25.8 Å². The molecule has 46 heavy (non-hydrogen) atoms. The molecule has 0 bridgehead atoms. The van der Waals surface area contributed by atoms with Gasteiger partial charge in [-0.3, -0.25) is 10.1 Å². The van der Waals surface area contributed by atoms with Gasteiger partial charge in [0.05, 0.1) is 22.2 Å². The number of esters is 2. The summed E-state index contributed by atoms with van der Waals surface area (Å²) in [6, 6.07) is 13.1. The average Bonchev–Trinajstić information content (AvgIpc) is 3.32. The van der Waals surface area contributed by atoms with Gasteiger partial charge in [0.25, 0.3) is 5.69 Å². The van der Waals surface area contributed by atoms with Crippen molar-refractivity contribution >= 4 is 56.3 Å². The third-order valence-electron chi connectivity index (χ3n) is 6.85. The molecule has 0 radical (unpaired) electrons. The number of halogens is 1. The second-order valence-electron chi connectivity index (χ2n) is 11.6. The lowest BCUT2D eigenvalue weighted by molar-refractivity contribution is -0.384. The van der Waals surface area contributed by atoms with E-state index < -0.39 is 39.1 Å². The minimum Gasteiger partial charge on any atom is -0.479 e. The lowest BCUT2D eigenvalue weighted by Gasteiger charge is -2.32. The lowest BCUT2D eigenvalue weighted by Crippen LogP contribution is -2.42. The zero-order chi connectivity index (χ0) is 33.6. The van der Waals surface area contributed by atoms with Gasteiger partial charge < -0.3 is 19.5 Å². The van der Waals surface area contributed by atoms with Crippen molar-refractivity contribution in [3.05, 3.63) is 74.1 Å². The first-order valence-electron chi connectivity index (χ1n) is 14.6. The van der Waals surface area contributed by atoms with E-state index in [1.807, 2.05) is 24.3 Å². The van der Waals surface area contributed by atoms with Gasteiger partial charge in [0.1, 0.15) is 10.6 Å². The van der Waals surface area contributed by atoms with Gasteiger partial charge in [0, 0.05) is 37.0 Å². The Morgan fingerprint density at radius 2 is 1.83 bits per heavy atom. The number of piperidine rings is 1. The lowest BCUT2D eigenvalue weighted by atomic mass is 10.1. The summed E-state index contributed by atoms with van der Waals surface area (Å²) in [6.45, 7) is 7.25. The van der Waals surface area contributed by atoms with Gasteiger partial charge in [0.15, 0.2) is 17.2 Å². The maximum Gasteiger partial charge on any atom is 0.352 e. The fourth-order valence-electron chi connectivity index (χ4n) is 4.83. The third-order valence-corrected chi connectivity index (χ3v) is 10.4. The molecule has 3 aromatic rings. The molecule has 15 heteroatoms. The number of rotatable bonds is 12. The molecule has 4 rings (SSSR count). The van der Waals surface area contributed by atoms with Crippen LogP contribution in [0.1, 0.15) is 55.8 Å². The topological polar surface area (TPSA) is 154 Å². The van der Waals surface area contributed by atoms with Gasteiger partial charge in [-0.15, -0.1) is 11.3 Å². The van der Waals surface area contributed by atoms with Crippen LogP contribution in [0.3, 0.4) is 0 Å². The van der Waals surface area contributed by atoms with Crippen molar-refractivity contribution in [3.8, 4) is 16.2 Å². The molecule has 1 aliphatic heterocycles. The van der Waals surface area contributed by atoms with E-state index in [9.17, 15) is 28.1 Å². The molecule has 1 aromatic heterocycles. The maximum absolute atomic E-state index is 13.1. The highest BCUT2D eigenvalue weighted by Gasteiger charge is 2.30. The van der Waals surface area contributed by atoms with Crippen LogP contribution in [0.5, 0.6) is 5.75 Å². The van der Waals surface area contributed by atoms with E-state index in [0.717, 1.165) is 17.0 Å². The van der Waals surface area contributed by atoms with Crippen LogP contribution < -0.4 is 10.1 Å². The van der Waals surface area contributed by atoms with Gasteiger partial charge in [-0.2, -0.15) is 0 Å². The van der Waals surface area contributed by atoms with Crippen LogP contribution in [0.2, 0.25) is 5.02 Å². The molecule has 0 atom stereocenters. The quantitative estimate of drug-likeness (QED) is 0.130. The predicted molar refractivity (Wildman–Crippen MR) is 176 cm³/mol. The first kappa shape index (κ1) is 35.1. The average molecular weight is 694 g/mol. The molecule has 1 saturated heterocycles. The molecular formula is C31H36ClN3O9S2. The Labute approximate surface area is 276 Å². The van der Waals surface area contributed by atoms with Crippen LogP contribution in [0.4, 0.5) is 11.4 Å². The monoisotopic (exact) mass is 693 g/mol. The van der Waals surface area contributed by atoms with E-state index in [-0.39, 0.29) is 39.7 Å². The summed E-state index contributed by atoms with van der Waals surface area (Å²) >= 11 is 7.83. The first-order chi connectivity index (χ1) is 21.7. The summed E-state index contributed by atoms with van der Waals surface area (Å²) in [6.07, 6.45) is 1.10. The van der Waals surface area contributed by atoms with E-state index in [2.05, 4.69) is 5.32 Å². The highest BCUT2D eigenvalue weighted by atomic mass is 35.5. The number of hydrogen-bond donors (Lipinski definition) is 1. The number of sulfonamides is 1. The number of anilines is 1. The van der Waals surface area contributed by atoms with Crippen LogP contribution in [0, 0.1) is 10.1 Å². The van der Waals surface area contributed by atoms with Crippen LogP contribution >= 0.6 is 22.9 Å². The molecule has 0 spiro atoms. The van der Waals surface area contributed by atoms with Gasteiger partial charge in [-0.25, -0.2) is 22.3 Å². The number of nitrogens with zero attached hydrogens (tertiary/aromatic N) is 2. The van der Waals surface area contributed by atoms with Crippen molar-refractivity contribution in [1.82, 2.24) is 4.31 Å².